The van der Waals surface area contributed by atoms with Gasteiger partial charge in [0.05, 0.1) is 11.4 Å². The van der Waals surface area contributed by atoms with E-state index in [9.17, 15) is 14.4 Å². The van der Waals surface area contributed by atoms with Gasteiger partial charge in [-0.3, -0.25) is 19.6 Å². The molecule has 0 aliphatic carbocycles. The van der Waals surface area contributed by atoms with E-state index in [0.717, 1.165) is 48.1 Å². The zero-order chi connectivity index (χ0) is 23.6. The summed E-state index contributed by atoms with van der Waals surface area (Å²) in [5.74, 6) is -0.205. The molecule has 0 unspecified atom stereocenters. The minimum atomic E-state index is -1.01. The predicted octanol–water partition coefficient (Wildman–Crippen LogP) is 2.41. The molecule has 0 bridgehead atoms. The Morgan fingerprint density at radius 1 is 1.15 bits per heavy atom. The van der Waals surface area contributed by atoms with E-state index in [-0.39, 0.29) is 5.75 Å². The van der Waals surface area contributed by atoms with Crippen molar-refractivity contribution in [2.24, 2.45) is 0 Å². The highest BCUT2D eigenvalue weighted by atomic mass is 32.2. The average Bonchev–Trinajstić information content (AvgIpc) is 3.33. The summed E-state index contributed by atoms with van der Waals surface area (Å²) < 4.78 is 1.96. The number of rotatable bonds is 7. The molecule has 2 fully saturated rings. The fourth-order valence-electron chi connectivity index (χ4n) is 3.89. The van der Waals surface area contributed by atoms with Crippen LogP contribution in [-0.4, -0.2) is 62.0 Å². The Kier molecular flexibility index (Phi) is 6.59. The highest BCUT2D eigenvalue weighted by molar-refractivity contribution is 7.99. The number of piperidine rings is 1. The lowest BCUT2D eigenvalue weighted by molar-refractivity contribution is -0.137. The Morgan fingerprint density at radius 2 is 1.85 bits per heavy atom. The summed E-state index contributed by atoms with van der Waals surface area (Å²) in [7, 11) is 0. The Hall–Kier alpha value is -3.08. The number of hydrazine groups is 1. The minimum absolute atomic E-state index is 0.0239. The van der Waals surface area contributed by atoms with Gasteiger partial charge in [0.25, 0.3) is 5.91 Å². The normalized spacial score (nSPS) is 20.8. The summed E-state index contributed by atoms with van der Waals surface area (Å²) in [6, 6.07) is 7.44. The standard InChI is InChI=1S/C22H29N7O3S/c1-4-22(3)18(31)29(20(32)23-22)26-17(30)14-33-21-25-24-19(27-12-6-5-7-13-27)28(21)16-10-8-15(2)9-11-16/h8-11H,4-7,12-14H2,1-3H3,(H,23,32)(H,26,30)/t22-/m0/s1. The number of amides is 4. The maximum absolute atomic E-state index is 12.6. The van der Waals surface area contributed by atoms with Crippen LogP contribution in [0.3, 0.4) is 0 Å². The third-order valence-corrected chi connectivity index (χ3v) is 7.01. The summed E-state index contributed by atoms with van der Waals surface area (Å²) in [5.41, 5.74) is 3.48. The van der Waals surface area contributed by atoms with Gasteiger partial charge in [-0.2, -0.15) is 5.01 Å². The molecule has 2 saturated heterocycles. The van der Waals surface area contributed by atoms with E-state index < -0.39 is 23.4 Å². The van der Waals surface area contributed by atoms with E-state index in [0.29, 0.717) is 11.6 Å². The summed E-state index contributed by atoms with van der Waals surface area (Å²) in [4.78, 5) is 39.5. The number of thioether (sulfide) groups is 1. The topological polar surface area (TPSA) is 112 Å². The van der Waals surface area contributed by atoms with E-state index in [1.807, 2.05) is 35.8 Å². The van der Waals surface area contributed by atoms with Crippen molar-refractivity contribution in [3.05, 3.63) is 29.8 Å². The number of imide groups is 1. The van der Waals surface area contributed by atoms with Gasteiger partial charge in [0.2, 0.25) is 11.9 Å². The number of urea groups is 1. The number of anilines is 1. The van der Waals surface area contributed by atoms with Crippen LogP contribution in [-0.2, 0) is 9.59 Å². The average molecular weight is 472 g/mol. The lowest BCUT2D eigenvalue weighted by Crippen LogP contribution is -2.49. The van der Waals surface area contributed by atoms with Crippen molar-refractivity contribution in [3.63, 3.8) is 0 Å². The number of aromatic nitrogens is 3. The second-order valence-electron chi connectivity index (χ2n) is 8.58. The van der Waals surface area contributed by atoms with Crippen molar-refractivity contribution in [2.75, 3.05) is 23.7 Å². The van der Waals surface area contributed by atoms with Gasteiger partial charge in [-0.05, 0) is 51.7 Å². The lowest BCUT2D eigenvalue weighted by Gasteiger charge is -2.27. The Balaban J connectivity index is 1.50. The molecule has 3 heterocycles. The molecular formula is C22H29N7O3S. The molecule has 33 heavy (non-hydrogen) atoms. The van der Waals surface area contributed by atoms with Gasteiger partial charge in [0.15, 0.2) is 5.16 Å². The molecule has 2 N–H and O–H groups in total. The third kappa shape index (κ3) is 4.68. The molecule has 11 heteroatoms. The molecule has 2 aliphatic heterocycles. The Morgan fingerprint density at radius 3 is 2.48 bits per heavy atom. The van der Waals surface area contributed by atoms with Crippen molar-refractivity contribution in [2.45, 2.75) is 57.1 Å². The summed E-state index contributed by atoms with van der Waals surface area (Å²) in [5, 5.41) is 12.7. The van der Waals surface area contributed by atoms with Crippen molar-refractivity contribution in [1.29, 1.82) is 0 Å². The maximum atomic E-state index is 12.6. The van der Waals surface area contributed by atoms with Crippen LogP contribution in [0.1, 0.15) is 45.1 Å². The van der Waals surface area contributed by atoms with Crippen LogP contribution in [0.25, 0.3) is 5.69 Å². The second kappa shape index (κ2) is 9.42. The van der Waals surface area contributed by atoms with Crippen LogP contribution in [0.15, 0.2) is 29.4 Å². The van der Waals surface area contributed by atoms with Gasteiger partial charge in [-0.1, -0.05) is 36.4 Å². The number of nitrogens with zero attached hydrogens (tertiary/aromatic N) is 5. The molecule has 1 aromatic heterocycles. The van der Waals surface area contributed by atoms with Gasteiger partial charge >= 0.3 is 6.03 Å². The van der Waals surface area contributed by atoms with E-state index in [1.54, 1.807) is 13.8 Å². The van der Waals surface area contributed by atoms with E-state index >= 15 is 0 Å². The first-order valence-electron chi connectivity index (χ1n) is 11.2. The SMILES string of the molecule is CC[C@]1(C)NC(=O)N(NC(=O)CSc2nnc(N3CCCCC3)n2-c2ccc(C)cc2)C1=O. The zero-order valence-corrected chi connectivity index (χ0v) is 19.9. The quantitative estimate of drug-likeness (QED) is 0.471. The number of carbonyl (C=O) groups is 3. The molecule has 0 spiro atoms. The summed E-state index contributed by atoms with van der Waals surface area (Å²) in [6.45, 7) is 7.30. The second-order valence-corrected chi connectivity index (χ2v) is 9.52. The van der Waals surface area contributed by atoms with Gasteiger partial charge in [0.1, 0.15) is 5.54 Å². The zero-order valence-electron chi connectivity index (χ0n) is 19.1. The molecule has 2 aliphatic rings. The summed E-state index contributed by atoms with van der Waals surface area (Å²) in [6.07, 6.45) is 3.84. The minimum Gasteiger partial charge on any atom is -0.341 e. The molecule has 4 amide bonds. The molecule has 0 saturated carbocycles. The number of nitrogens with one attached hydrogen (secondary N) is 2. The molecular weight excluding hydrogens is 442 g/mol. The number of hydrogen-bond donors (Lipinski definition) is 2. The smallest absolute Gasteiger partial charge is 0.341 e. The molecule has 0 radical (unpaired) electrons. The van der Waals surface area contributed by atoms with E-state index in [4.69, 9.17) is 0 Å². The van der Waals surface area contributed by atoms with Gasteiger partial charge in [-0.25, -0.2) is 4.79 Å². The number of benzene rings is 1. The van der Waals surface area contributed by atoms with Crippen LogP contribution in [0.5, 0.6) is 0 Å². The maximum Gasteiger partial charge on any atom is 0.344 e. The molecule has 176 valence electrons. The van der Waals surface area contributed by atoms with Crippen molar-refractivity contribution >= 4 is 35.6 Å². The Labute approximate surface area is 197 Å². The van der Waals surface area contributed by atoms with Crippen molar-refractivity contribution in [3.8, 4) is 5.69 Å². The fraction of sp³-hybridized carbons (Fsp3) is 0.500. The molecule has 2 aromatic rings. The van der Waals surface area contributed by atoms with E-state index in [1.165, 1.54) is 18.2 Å². The Bertz CT molecular complexity index is 1050. The number of carbonyl (C=O) groups excluding carboxylic acids is 3. The first-order valence-corrected chi connectivity index (χ1v) is 12.2. The van der Waals surface area contributed by atoms with Crippen LogP contribution in [0, 0.1) is 6.92 Å². The van der Waals surface area contributed by atoms with Crippen LogP contribution in [0.4, 0.5) is 10.7 Å². The molecule has 10 nitrogen and oxygen atoms in total. The monoisotopic (exact) mass is 471 g/mol. The number of hydrogen-bond acceptors (Lipinski definition) is 7. The fourth-order valence-corrected chi connectivity index (χ4v) is 4.63. The first-order chi connectivity index (χ1) is 15.8. The molecule has 1 aromatic carbocycles. The molecule has 1 atom stereocenters. The lowest BCUT2D eigenvalue weighted by atomic mass is 10.00. The van der Waals surface area contributed by atoms with Gasteiger partial charge < -0.3 is 10.2 Å². The van der Waals surface area contributed by atoms with Gasteiger partial charge in [0, 0.05) is 13.1 Å². The molecule has 4 rings (SSSR count). The highest BCUT2D eigenvalue weighted by Gasteiger charge is 2.47. The first kappa shape index (κ1) is 23.1. The third-order valence-electron chi connectivity index (χ3n) is 6.08. The largest absolute Gasteiger partial charge is 0.344 e. The number of aryl methyl sites for hydroxylation is 1. The van der Waals surface area contributed by atoms with Crippen LogP contribution >= 0.6 is 11.8 Å². The van der Waals surface area contributed by atoms with E-state index in [2.05, 4.69) is 25.8 Å². The van der Waals surface area contributed by atoms with Crippen molar-refractivity contribution in [1.82, 2.24) is 30.5 Å². The van der Waals surface area contributed by atoms with Crippen LogP contribution in [0.2, 0.25) is 0 Å². The van der Waals surface area contributed by atoms with Gasteiger partial charge in [-0.15, -0.1) is 10.2 Å². The summed E-state index contributed by atoms with van der Waals surface area (Å²) >= 11 is 1.21. The highest BCUT2D eigenvalue weighted by Crippen LogP contribution is 2.28. The van der Waals surface area contributed by atoms with Crippen molar-refractivity contribution < 1.29 is 14.4 Å². The van der Waals surface area contributed by atoms with Crippen LogP contribution < -0.4 is 15.6 Å². The predicted molar refractivity (Wildman–Crippen MR) is 125 cm³/mol.